The molecule has 0 saturated carbocycles. The van der Waals surface area contributed by atoms with Crippen molar-refractivity contribution in [1.82, 2.24) is 4.98 Å². The van der Waals surface area contributed by atoms with Crippen LogP contribution in [0.1, 0.15) is 24.1 Å². The molecule has 3 heteroatoms. The summed E-state index contributed by atoms with van der Waals surface area (Å²) in [6.45, 7) is 0. The number of aryl methyl sites for hydroxylation is 1. The van der Waals surface area contributed by atoms with E-state index in [2.05, 4.69) is 11.1 Å². The van der Waals surface area contributed by atoms with Gasteiger partial charge < -0.3 is 5.73 Å². The Kier molecular flexibility index (Phi) is 2.31. The van der Waals surface area contributed by atoms with Crippen LogP contribution in [-0.4, -0.2) is 10.9 Å². The number of nitrogens with two attached hydrogens (primary N) is 1. The zero-order valence-electron chi connectivity index (χ0n) is 7.86. The number of amides is 1. The number of carbonyl (C=O) groups excluding carboxylic acids is 1. The van der Waals surface area contributed by atoms with Crippen molar-refractivity contribution in [3.05, 3.63) is 35.7 Å². The number of pyridine rings is 1. The van der Waals surface area contributed by atoms with Gasteiger partial charge in [-0.25, -0.2) is 0 Å². The normalized spacial score (nSPS) is 17.9. The molecule has 0 fully saturated rings. The second kappa shape index (κ2) is 3.62. The van der Waals surface area contributed by atoms with E-state index in [1.165, 1.54) is 11.6 Å². The number of allylic oxidation sites excluding steroid dienone is 1. The highest BCUT2D eigenvalue weighted by molar-refractivity contribution is 5.94. The van der Waals surface area contributed by atoms with Gasteiger partial charge in [-0.1, -0.05) is 6.07 Å². The van der Waals surface area contributed by atoms with Crippen LogP contribution in [0, 0.1) is 0 Å². The first-order valence-corrected chi connectivity index (χ1v) is 4.71. The van der Waals surface area contributed by atoms with Crippen molar-refractivity contribution in [2.24, 2.45) is 5.73 Å². The lowest BCUT2D eigenvalue weighted by Crippen LogP contribution is -2.10. The fourth-order valence-corrected chi connectivity index (χ4v) is 1.83. The van der Waals surface area contributed by atoms with Gasteiger partial charge >= 0.3 is 0 Å². The second-order valence-electron chi connectivity index (χ2n) is 3.44. The fourth-order valence-electron chi connectivity index (χ4n) is 1.83. The van der Waals surface area contributed by atoms with Crippen LogP contribution in [0.15, 0.2) is 24.4 Å². The Morgan fingerprint density at radius 1 is 1.50 bits per heavy atom. The monoisotopic (exact) mass is 188 g/mol. The van der Waals surface area contributed by atoms with E-state index in [4.69, 9.17) is 5.73 Å². The summed E-state index contributed by atoms with van der Waals surface area (Å²) < 4.78 is 0. The van der Waals surface area contributed by atoms with Crippen LogP contribution in [0.2, 0.25) is 0 Å². The average molecular weight is 188 g/mol. The Balaban J connectivity index is 2.45. The lowest BCUT2D eigenvalue weighted by Gasteiger charge is -2.16. The third-order valence-corrected chi connectivity index (χ3v) is 2.40. The summed E-state index contributed by atoms with van der Waals surface area (Å²) in [5, 5.41) is 0. The highest BCUT2D eigenvalue weighted by Gasteiger charge is 2.14. The summed E-state index contributed by atoms with van der Waals surface area (Å²) in [6, 6.07) is 3.97. The number of nitrogens with zero attached hydrogens (tertiary/aromatic N) is 1. The predicted molar refractivity (Wildman–Crippen MR) is 54.3 cm³/mol. The molecule has 0 radical (unpaired) electrons. The number of fused-ring (bicyclic) bond motifs is 1. The molecule has 0 aliphatic heterocycles. The van der Waals surface area contributed by atoms with Crippen LogP contribution in [0.4, 0.5) is 0 Å². The van der Waals surface area contributed by atoms with Gasteiger partial charge in [-0.15, -0.1) is 0 Å². The first-order chi connectivity index (χ1) is 6.77. The molecule has 0 spiro atoms. The summed E-state index contributed by atoms with van der Waals surface area (Å²) >= 11 is 0. The highest BCUT2D eigenvalue weighted by atomic mass is 16.1. The first kappa shape index (κ1) is 8.94. The Hall–Kier alpha value is -1.64. The van der Waals surface area contributed by atoms with Crippen molar-refractivity contribution in [3.8, 4) is 0 Å². The first-order valence-electron chi connectivity index (χ1n) is 4.71. The summed E-state index contributed by atoms with van der Waals surface area (Å²) in [5.41, 5.74) is 8.27. The van der Waals surface area contributed by atoms with Crippen molar-refractivity contribution in [2.75, 3.05) is 0 Å². The topological polar surface area (TPSA) is 56.0 Å². The standard InChI is InChI=1S/C11H12N2O/c12-10(14)7-9-4-1-3-8-5-2-6-13-11(8)9/h2,5-7H,1,3-4H2,(H2,12,14)/b9-7-. The molecule has 1 aromatic heterocycles. The van der Waals surface area contributed by atoms with Gasteiger partial charge in [-0.3, -0.25) is 9.78 Å². The maximum Gasteiger partial charge on any atom is 0.241 e. The summed E-state index contributed by atoms with van der Waals surface area (Å²) in [6.07, 6.45) is 6.24. The summed E-state index contributed by atoms with van der Waals surface area (Å²) in [5.74, 6) is -0.390. The van der Waals surface area contributed by atoms with E-state index in [1.54, 1.807) is 6.20 Å². The van der Waals surface area contributed by atoms with Crippen LogP contribution in [0.3, 0.4) is 0 Å². The lowest BCUT2D eigenvalue weighted by atomic mass is 9.91. The number of carbonyl (C=O) groups is 1. The number of primary amides is 1. The quantitative estimate of drug-likeness (QED) is 0.675. The van der Waals surface area contributed by atoms with Gasteiger partial charge in [0.05, 0.1) is 5.69 Å². The van der Waals surface area contributed by atoms with Gasteiger partial charge in [0, 0.05) is 12.3 Å². The van der Waals surface area contributed by atoms with E-state index in [-0.39, 0.29) is 0 Å². The maximum atomic E-state index is 10.8. The van der Waals surface area contributed by atoms with Crippen LogP contribution >= 0.6 is 0 Å². The van der Waals surface area contributed by atoms with Gasteiger partial charge in [0.1, 0.15) is 0 Å². The lowest BCUT2D eigenvalue weighted by molar-refractivity contribution is -0.113. The molecule has 1 heterocycles. The molecule has 0 aromatic carbocycles. The number of rotatable bonds is 1. The van der Waals surface area contributed by atoms with Gasteiger partial charge in [0.25, 0.3) is 0 Å². The smallest absolute Gasteiger partial charge is 0.241 e. The summed E-state index contributed by atoms with van der Waals surface area (Å²) in [4.78, 5) is 15.1. The zero-order chi connectivity index (χ0) is 9.97. The molecule has 2 N–H and O–H groups in total. The van der Waals surface area contributed by atoms with Crippen molar-refractivity contribution in [3.63, 3.8) is 0 Å². The van der Waals surface area contributed by atoms with Gasteiger partial charge in [-0.2, -0.15) is 0 Å². The van der Waals surface area contributed by atoms with Crippen LogP contribution in [0.5, 0.6) is 0 Å². The van der Waals surface area contributed by atoms with E-state index >= 15 is 0 Å². The minimum absolute atomic E-state index is 0.390. The molecular weight excluding hydrogens is 176 g/mol. The van der Waals surface area contributed by atoms with E-state index in [9.17, 15) is 4.79 Å². The van der Waals surface area contributed by atoms with Crippen molar-refractivity contribution >= 4 is 11.5 Å². The van der Waals surface area contributed by atoms with E-state index in [0.29, 0.717) is 0 Å². The van der Waals surface area contributed by atoms with Crippen molar-refractivity contribution < 1.29 is 4.79 Å². The van der Waals surface area contributed by atoms with E-state index < -0.39 is 5.91 Å². The Morgan fingerprint density at radius 2 is 2.36 bits per heavy atom. The van der Waals surface area contributed by atoms with Crippen LogP contribution in [0.25, 0.3) is 5.57 Å². The zero-order valence-corrected chi connectivity index (χ0v) is 7.86. The molecule has 0 unspecified atom stereocenters. The molecule has 72 valence electrons. The number of hydrogen-bond donors (Lipinski definition) is 1. The Morgan fingerprint density at radius 3 is 3.14 bits per heavy atom. The second-order valence-corrected chi connectivity index (χ2v) is 3.44. The number of hydrogen-bond acceptors (Lipinski definition) is 2. The molecule has 3 nitrogen and oxygen atoms in total. The molecule has 2 rings (SSSR count). The third kappa shape index (κ3) is 1.66. The molecule has 1 aliphatic rings. The minimum Gasteiger partial charge on any atom is -0.366 e. The molecule has 0 saturated heterocycles. The molecule has 1 aromatic rings. The van der Waals surface area contributed by atoms with Crippen molar-refractivity contribution in [1.29, 1.82) is 0 Å². The molecule has 0 bridgehead atoms. The van der Waals surface area contributed by atoms with E-state index in [1.807, 2.05) is 6.07 Å². The molecule has 0 atom stereocenters. The average Bonchev–Trinajstić information content (AvgIpc) is 2.18. The van der Waals surface area contributed by atoms with Crippen LogP contribution in [-0.2, 0) is 11.2 Å². The van der Waals surface area contributed by atoms with Crippen LogP contribution < -0.4 is 5.73 Å². The fraction of sp³-hybridized carbons (Fsp3) is 0.273. The molecule has 1 aliphatic carbocycles. The Labute approximate surface area is 82.6 Å². The third-order valence-electron chi connectivity index (χ3n) is 2.40. The van der Waals surface area contributed by atoms with E-state index in [0.717, 1.165) is 30.5 Å². The van der Waals surface area contributed by atoms with Gasteiger partial charge in [0.2, 0.25) is 5.91 Å². The van der Waals surface area contributed by atoms with Crippen molar-refractivity contribution in [2.45, 2.75) is 19.3 Å². The number of aromatic nitrogens is 1. The largest absolute Gasteiger partial charge is 0.366 e. The predicted octanol–water partition coefficient (Wildman–Crippen LogP) is 1.29. The van der Waals surface area contributed by atoms with Gasteiger partial charge in [-0.05, 0) is 36.5 Å². The molecule has 14 heavy (non-hydrogen) atoms. The Bertz CT molecular complexity index is 396. The highest BCUT2D eigenvalue weighted by Crippen LogP contribution is 2.28. The van der Waals surface area contributed by atoms with Gasteiger partial charge in [0.15, 0.2) is 0 Å². The molecular formula is C11H12N2O. The summed E-state index contributed by atoms with van der Waals surface area (Å²) in [7, 11) is 0. The minimum atomic E-state index is -0.390. The molecule has 1 amide bonds. The SMILES string of the molecule is NC(=O)/C=C1/CCCc2cccnc21. The maximum absolute atomic E-state index is 10.8.